The summed E-state index contributed by atoms with van der Waals surface area (Å²) in [4.78, 5) is 14.5. The van der Waals surface area contributed by atoms with Gasteiger partial charge >= 0.3 is 0 Å². The van der Waals surface area contributed by atoms with E-state index in [4.69, 9.17) is 5.73 Å². The number of likely N-dealkylation sites (tertiary alicyclic amines) is 1. The lowest BCUT2D eigenvalue weighted by Gasteiger charge is -2.34. The standard InChI is InChI=1S/C15H26N4O/c1-10(2)14-8-13(17-18(14)4)15(20)19-7-5-6-12(9-19)11(3)16/h8,10-12H,5-7,9,16H2,1-4H3. The van der Waals surface area contributed by atoms with Crippen LogP contribution in [0.25, 0.3) is 0 Å². The fourth-order valence-corrected chi connectivity index (χ4v) is 2.91. The van der Waals surface area contributed by atoms with E-state index in [0.717, 1.165) is 31.6 Å². The summed E-state index contributed by atoms with van der Waals surface area (Å²) in [5.41, 5.74) is 7.63. The Labute approximate surface area is 121 Å². The molecule has 0 bridgehead atoms. The van der Waals surface area contributed by atoms with Crippen LogP contribution in [0.4, 0.5) is 0 Å². The third-order valence-electron chi connectivity index (χ3n) is 4.22. The smallest absolute Gasteiger partial charge is 0.274 e. The largest absolute Gasteiger partial charge is 0.337 e. The zero-order chi connectivity index (χ0) is 14.9. The summed E-state index contributed by atoms with van der Waals surface area (Å²) in [6.07, 6.45) is 2.14. The van der Waals surface area contributed by atoms with Crippen LogP contribution in [0.5, 0.6) is 0 Å². The highest BCUT2D eigenvalue weighted by Gasteiger charge is 2.28. The van der Waals surface area contributed by atoms with Crippen LogP contribution in [0.15, 0.2) is 6.07 Å². The summed E-state index contributed by atoms with van der Waals surface area (Å²) in [5.74, 6) is 0.811. The van der Waals surface area contributed by atoms with E-state index in [1.165, 1.54) is 0 Å². The fraction of sp³-hybridized carbons (Fsp3) is 0.733. The number of amides is 1. The van der Waals surface area contributed by atoms with Crippen molar-refractivity contribution in [1.82, 2.24) is 14.7 Å². The monoisotopic (exact) mass is 278 g/mol. The van der Waals surface area contributed by atoms with Crippen molar-refractivity contribution in [1.29, 1.82) is 0 Å². The molecular weight excluding hydrogens is 252 g/mol. The number of aromatic nitrogens is 2. The molecule has 1 aliphatic rings. The number of nitrogens with two attached hydrogens (primary N) is 1. The molecule has 0 saturated carbocycles. The van der Waals surface area contributed by atoms with Gasteiger partial charge in [-0.05, 0) is 37.7 Å². The SMILES string of the molecule is CC(C)c1cc(C(=O)N2CCCC(C(C)N)C2)nn1C. The Morgan fingerprint density at radius 3 is 2.70 bits per heavy atom. The number of nitrogens with zero attached hydrogens (tertiary/aromatic N) is 3. The lowest BCUT2D eigenvalue weighted by molar-refractivity contribution is 0.0654. The first-order chi connectivity index (χ1) is 9.40. The molecule has 112 valence electrons. The van der Waals surface area contributed by atoms with E-state index in [0.29, 0.717) is 17.5 Å². The molecule has 5 heteroatoms. The molecule has 2 unspecified atom stereocenters. The topological polar surface area (TPSA) is 64.2 Å². The average molecular weight is 278 g/mol. The van der Waals surface area contributed by atoms with Gasteiger partial charge in [0.15, 0.2) is 5.69 Å². The number of rotatable bonds is 3. The molecule has 0 aromatic carbocycles. The van der Waals surface area contributed by atoms with Gasteiger partial charge in [0.05, 0.1) is 0 Å². The molecule has 1 aliphatic heterocycles. The number of carbonyl (C=O) groups excluding carboxylic acids is 1. The maximum absolute atomic E-state index is 12.6. The summed E-state index contributed by atoms with van der Waals surface area (Å²) < 4.78 is 1.81. The molecular formula is C15H26N4O. The minimum atomic E-state index is 0.0397. The molecule has 1 aromatic rings. The minimum absolute atomic E-state index is 0.0397. The van der Waals surface area contributed by atoms with Gasteiger partial charge in [-0.1, -0.05) is 13.8 Å². The van der Waals surface area contributed by atoms with Crippen molar-refractivity contribution >= 4 is 5.91 Å². The van der Waals surface area contributed by atoms with Crippen molar-refractivity contribution in [2.45, 2.75) is 45.6 Å². The van der Waals surface area contributed by atoms with Gasteiger partial charge in [-0.25, -0.2) is 0 Å². The quantitative estimate of drug-likeness (QED) is 0.916. The highest BCUT2D eigenvalue weighted by Crippen LogP contribution is 2.21. The summed E-state index contributed by atoms with van der Waals surface area (Å²) >= 11 is 0. The highest BCUT2D eigenvalue weighted by atomic mass is 16.2. The van der Waals surface area contributed by atoms with Crippen molar-refractivity contribution in [2.24, 2.45) is 18.7 Å². The van der Waals surface area contributed by atoms with Gasteiger partial charge < -0.3 is 10.6 Å². The molecule has 1 amide bonds. The average Bonchev–Trinajstić information content (AvgIpc) is 2.80. The van der Waals surface area contributed by atoms with Crippen molar-refractivity contribution in [2.75, 3.05) is 13.1 Å². The number of hydrogen-bond acceptors (Lipinski definition) is 3. The first-order valence-electron chi connectivity index (χ1n) is 7.49. The third kappa shape index (κ3) is 3.03. The Kier molecular flexibility index (Phi) is 4.48. The lowest BCUT2D eigenvalue weighted by Crippen LogP contribution is -2.45. The van der Waals surface area contributed by atoms with E-state index < -0.39 is 0 Å². The van der Waals surface area contributed by atoms with Gasteiger partial charge in [0.25, 0.3) is 5.91 Å². The second-order valence-electron chi connectivity index (χ2n) is 6.25. The van der Waals surface area contributed by atoms with Crippen LogP contribution in [0.2, 0.25) is 0 Å². The molecule has 0 radical (unpaired) electrons. The van der Waals surface area contributed by atoms with E-state index in [-0.39, 0.29) is 11.9 Å². The van der Waals surface area contributed by atoms with Gasteiger partial charge in [0, 0.05) is 31.9 Å². The second-order valence-corrected chi connectivity index (χ2v) is 6.25. The lowest BCUT2D eigenvalue weighted by atomic mass is 9.92. The number of piperidine rings is 1. The van der Waals surface area contributed by atoms with Gasteiger partial charge in [-0.3, -0.25) is 9.48 Å². The zero-order valence-electron chi connectivity index (χ0n) is 13.0. The molecule has 1 saturated heterocycles. The van der Waals surface area contributed by atoms with Crippen LogP contribution in [-0.4, -0.2) is 39.7 Å². The fourth-order valence-electron chi connectivity index (χ4n) is 2.91. The Balaban J connectivity index is 2.13. The van der Waals surface area contributed by atoms with Crippen LogP contribution in [-0.2, 0) is 7.05 Å². The maximum Gasteiger partial charge on any atom is 0.274 e. The van der Waals surface area contributed by atoms with Gasteiger partial charge in [0.1, 0.15) is 0 Å². The Bertz CT molecular complexity index is 478. The van der Waals surface area contributed by atoms with Crippen LogP contribution >= 0.6 is 0 Å². The minimum Gasteiger partial charge on any atom is -0.337 e. The molecule has 2 rings (SSSR count). The van der Waals surface area contributed by atoms with Gasteiger partial charge in [-0.2, -0.15) is 5.10 Å². The molecule has 1 fully saturated rings. The number of hydrogen-bond donors (Lipinski definition) is 1. The van der Waals surface area contributed by atoms with Gasteiger partial charge in [0.2, 0.25) is 0 Å². The van der Waals surface area contributed by atoms with E-state index in [1.54, 1.807) is 0 Å². The summed E-state index contributed by atoms with van der Waals surface area (Å²) in [5, 5.41) is 4.37. The maximum atomic E-state index is 12.6. The molecule has 2 heterocycles. The van der Waals surface area contributed by atoms with E-state index >= 15 is 0 Å². The van der Waals surface area contributed by atoms with E-state index in [2.05, 4.69) is 18.9 Å². The Morgan fingerprint density at radius 1 is 1.45 bits per heavy atom. The molecule has 20 heavy (non-hydrogen) atoms. The normalized spacial score (nSPS) is 21.3. The van der Waals surface area contributed by atoms with Crippen molar-refractivity contribution in [3.05, 3.63) is 17.5 Å². The predicted octanol–water partition coefficient (Wildman–Crippen LogP) is 1.74. The van der Waals surface area contributed by atoms with E-state index in [9.17, 15) is 4.79 Å². The van der Waals surface area contributed by atoms with Crippen LogP contribution in [0, 0.1) is 5.92 Å². The van der Waals surface area contributed by atoms with Crippen molar-refractivity contribution < 1.29 is 4.79 Å². The van der Waals surface area contributed by atoms with Crippen molar-refractivity contribution in [3.63, 3.8) is 0 Å². The van der Waals surface area contributed by atoms with E-state index in [1.807, 2.05) is 29.6 Å². The van der Waals surface area contributed by atoms with Gasteiger partial charge in [-0.15, -0.1) is 0 Å². The number of aryl methyl sites for hydroxylation is 1. The van der Waals surface area contributed by atoms with Crippen LogP contribution in [0.1, 0.15) is 55.7 Å². The Morgan fingerprint density at radius 2 is 2.15 bits per heavy atom. The highest BCUT2D eigenvalue weighted by molar-refractivity contribution is 5.92. The molecule has 0 spiro atoms. The first kappa shape index (κ1) is 15.0. The molecule has 5 nitrogen and oxygen atoms in total. The zero-order valence-corrected chi connectivity index (χ0v) is 13.0. The first-order valence-corrected chi connectivity index (χ1v) is 7.49. The summed E-state index contributed by atoms with van der Waals surface area (Å²) in [6.45, 7) is 7.81. The third-order valence-corrected chi connectivity index (χ3v) is 4.22. The van der Waals surface area contributed by atoms with Crippen LogP contribution < -0.4 is 5.73 Å². The molecule has 2 N–H and O–H groups in total. The van der Waals surface area contributed by atoms with Crippen LogP contribution in [0.3, 0.4) is 0 Å². The predicted molar refractivity (Wildman–Crippen MR) is 79.6 cm³/mol. The van der Waals surface area contributed by atoms with Crippen molar-refractivity contribution in [3.8, 4) is 0 Å². The molecule has 0 aliphatic carbocycles. The molecule has 1 aromatic heterocycles. The Hall–Kier alpha value is -1.36. The molecule has 2 atom stereocenters. The second kappa shape index (κ2) is 5.95. The summed E-state index contributed by atoms with van der Waals surface area (Å²) in [7, 11) is 1.90. The number of carbonyl (C=O) groups is 1. The summed E-state index contributed by atoms with van der Waals surface area (Å²) in [6, 6.07) is 2.06.